The Balaban J connectivity index is 1.51. The van der Waals surface area contributed by atoms with Gasteiger partial charge >= 0.3 is 0 Å². The van der Waals surface area contributed by atoms with Crippen molar-refractivity contribution in [2.24, 2.45) is 0 Å². The van der Waals surface area contributed by atoms with Gasteiger partial charge in [-0.1, -0.05) is 47.6 Å². The van der Waals surface area contributed by atoms with Crippen molar-refractivity contribution in [3.05, 3.63) is 58.9 Å². The Morgan fingerprint density at radius 2 is 2.07 bits per heavy atom. The number of fused-ring (bicyclic) bond motifs is 1. The van der Waals surface area contributed by atoms with Crippen molar-refractivity contribution in [3.8, 4) is 11.4 Å². The van der Waals surface area contributed by atoms with Crippen LogP contribution in [0.5, 0.6) is 0 Å². The number of carbonyl (C=O) groups excluding carboxylic acids is 1. The number of thioether (sulfide) groups is 1. The molecule has 0 bridgehead atoms. The average molecular weight is 429 g/mol. The van der Waals surface area contributed by atoms with Crippen LogP contribution in [0.4, 0.5) is 5.69 Å². The van der Waals surface area contributed by atoms with Crippen LogP contribution in [0.15, 0.2) is 59.1 Å². The molecule has 1 N–H and O–H groups in total. The van der Waals surface area contributed by atoms with Crippen LogP contribution >= 0.6 is 34.7 Å². The summed E-state index contributed by atoms with van der Waals surface area (Å²) < 4.78 is 3.27. The summed E-state index contributed by atoms with van der Waals surface area (Å²) in [6, 6.07) is 15.4. The van der Waals surface area contributed by atoms with Crippen LogP contribution < -0.4 is 5.32 Å². The Bertz CT molecular complexity index is 1140. The highest BCUT2D eigenvalue weighted by Crippen LogP contribution is 2.34. The number of hydrogen-bond donors (Lipinski definition) is 1. The van der Waals surface area contributed by atoms with Gasteiger partial charge < -0.3 is 9.88 Å². The van der Waals surface area contributed by atoms with Gasteiger partial charge in [0, 0.05) is 38.3 Å². The molecule has 0 unspecified atom stereocenters. The smallest absolute Gasteiger partial charge is 0.234 e. The van der Waals surface area contributed by atoms with E-state index in [1.165, 1.54) is 21.8 Å². The molecule has 0 fully saturated rings. The predicted molar refractivity (Wildman–Crippen MR) is 117 cm³/mol. The van der Waals surface area contributed by atoms with Gasteiger partial charge in [-0.15, -0.1) is 21.5 Å². The molecule has 0 saturated heterocycles. The van der Waals surface area contributed by atoms with Crippen LogP contribution in [0.3, 0.4) is 0 Å². The van der Waals surface area contributed by atoms with Gasteiger partial charge in [0.05, 0.1) is 5.75 Å². The van der Waals surface area contributed by atoms with Crippen LogP contribution in [0.25, 0.3) is 21.5 Å². The molecule has 0 spiro atoms. The molecule has 28 heavy (non-hydrogen) atoms. The van der Waals surface area contributed by atoms with Crippen molar-refractivity contribution < 1.29 is 4.79 Å². The second-order valence-electron chi connectivity index (χ2n) is 6.04. The maximum atomic E-state index is 12.3. The molecule has 4 aromatic rings. The molecule has 2 aromatic heterocycles. The number of halogens is 1. The number of nitrogens with zero attached hydrogens (tertiary/aromatic N) is 3. The SMILES string of the molecule is CCn1c(SCC(=O)Nc2cccc(Cl)c2)nnc1-c1csc2ccccc12. The minimum atomic E-state index is -0.111. The zero-order valence-corrected chi connectivity index (χ0v) is 17.4. The number of hydrogen-bond acceptors (Lipinski definition) is 5. The normalized spacial score (nSPS) is 11.1. The molecule has 0 radical (unpaired) electrons. The number of benzene rings is 2. The van der Waals surface area contributed by atoms with Crippen molar-refractivity contribution in [2.75, 3.05) is 11.1 Å². The molecule has 0 aliphatic heterocycles. The number of rotatable bonds is 6. The standard InChI is InChI=1S/C20H17ClN4OS2/c1-2-25-19(16-11-27-17-9-4-3-8-15(16)17)23-24-20(25)28-12-18(26)22-14-7-5-6-13(21)10-14/h3-11H,2,12H2,1H3,(H,22,26). The van der Waals surface area contributed by atoms with E-state index in [1.807, 2.05) is 22.8 Å². The number of nitrogens with one attached hydrogen (secondary N) is 1. The highest BCUT2D eigenvalue weighted by molar-refractivity contribution is 7.99. The first kappa shape index (κ1) is 19.0. The third-order valence-corrected chi connectivity index (χ3v) is 6.36. The van der Waals surface area contributed by atoms with E-state index in [9.17, 15) is 4.79 Å². The van der Waals surface area contributed by atoms with E-state index in [2.05, 4.69) is 40.0 Å². The molecule has 4 rings (SSSR count). The van der Waals surface area contributed by atoms with E-state index in [4.69, 9.17) is 11.6 Å². The summed E-state index contributed by atoms with van der Waals surface area (Å²) in [7, 11) is 0. The Morgan fingerprint density at radius 1 is 1.21 bits per heavy atom. The fourth-order valence-electron chi connectivity index (χ4n) is 2.92. The monoisotopic (exact) mass is 428 g/mol. The molecular weight excluding hydrogens is 412 g/mol. The zero-order valence-electron chi connectivity index (χ0n) is 15.1. The van der Waals surface area contributed by atoms with Crippen LogP contribution in [-0.4, -0.2) is 26.4 Å². The van der Waals surface area contributed by atoms with Gasteiger partial charge in [-0.3, -0.25) is 4.79 Å². The summed E-state index contributed by atoms with van der Waals surface area (Å²) in [4.78, 5) is 12.3. The van der Waals surface area contributed by atoms with Crippen LogP contribution in [0.2, 0.25) is 5.02 Å². The number of aromatic nitrogens is 3. The van der Waals surface area contributed by atoms with E-state index < -0.39 is 0 Å². The van der Waals surface area contributed by atoms with E-state index >= 15 is 0 Å². The van der Waals surface area contributed by atoms with Crippen molar-refractivity contribution in [3.63, 3.8) is 0 Å². The second-order valence-corrected chi connectivity index (χ2v) is 8.33. The van der Waals surface area contributed by atoms with Crippen molar-refractivity contribution in [2.45, 2.75) is 18.6 Å². The second kappa shape index (κ2) is 8.34. The molecule has 142 valence electrons. The van der Waals surface area contributed by atoms with E-state index in [-0.39, 0.29) is 11.7 Å². The predicted octanol–water partition coefficient (Wildman–Crippen LogP) is 5.56. The third-order valence-electron chi connectivity index (χ3n) is 4.20. The summed E-state index contributed by atoms with van der Waals surface area (Å²) >= 11 is 9.03. The summed E-state index contributed by atoms with van der Waals surface area (Å²) in [6.45, 7) is 2.78. The molecule has 0 aliphatic carbocycles. The average Bonchev–Trinajstić information content (AvgIpc) is 3.29. The van der Waals surface area contributed by atoms with E-state index in [0.29, 0.717) is 10.7 Å². The first-order valence-electron chi connectivity index (χ1n) is 8.73. The van der Waals surface area contributed by atoms with Gasteiger partial charge in [0.2, 0.25) is 5.91 Å². The minimum absolute atomic E-state index is 0.111. The Labute approximate surface area is 175 Å². The molecule has 2 heterocycles. The van der Waals surface area contributed by atoms with Crippen molar-refractivity contribution in [1.29, 1.82) is 0 Å². The van der Waals surface area contributed by atoms with Crippen LogP contribution in [0.1, 0.15) is 6.92 Å². The maximum Gasteiger partial charge on any atom is 0.234 e. The highest BCUT2D eigenvalue weighted by Gasteiger charge is 2.17. The maximum absolute atomic E-state index is 12.3. The molecule has 5 nitrogen and oxygen atoms in total. The van der Waals surface area contributed by atoms with Crippen molar-refractivity contribution in [1.82, 2.24) is 14.8 Å². The summed E-state index contributed by atoms with van der Waals surface area (Å²) in [6.07, 6.45) is 0. The number of anilines is 1. The fourth-order valence-corrected chi connectivity index (χ4v) is 4.86. The van der Waals surface area contributed by atoms with Gasteiger partial charge in [0.1, 0.15) is 0 Å². The van der Waals surface area contributed by atoms with Crippen LogP contribution in [0, 0.1) is 0 Å². The lowest BCUT2D eigenvalue weighted by molar-refractivity contribution is -0.113. The Kier molecular flexibility index (Phi) is 5.66. The number of carbonyl (C=O) groups is 1. The topological polar surface area (TPSA) is 59.8 Å². The van der Waals surface area contributed by atoms with Gasteiger partial charge in [-0.25, -0.2) is 0 Å². The largest absolute Gasteiger partial charge is 0.325 e. The molecule has 1 amide bonds. The van der Waals surface area contributed by atoms with Crippen molar-refractivity contribution >= 4 is 56.4 Å². The summed E-state index contributed by atoms with van der Waals surface area (Å²) in [5.41, 5.74) is 1.76. The lowest BCUT2D eigenvalue weighted by Crippen LogP contribution is -2.14. The highest BCUT2D eigenvalue weighted by atomic mass is 35.5. The zero-order chi connectivity index (χ0) is 19.5. The molecule has 2 aromatic carbocycles. The lowest BCUT2D eigenvalue weighted by Gasteiger charge is -2.08. The van der Waals surface area contributed by atoms with Crippen LogP contribution in [-0.2, 0) is 11.3 Å². The molecular formula is C20H17ClN4OS2. The minimum Gasteiger partial charge on any atom is -0.325 e. The lowest BCUT2D eigenvalue weighted by atomic mass is 10.1. The van der Waals surface area contributed by atoms with Gasteiger partial charge in [0.25, 0.3) is 0 Å². The van der Waals surface area contributed by atoms with Gasteiger partial charge in [0.15, 0.2) is 11.0 Å². The molecule has 0 aliphatic rings. The molecule has 8 heteroatoms. The first-order chi connectivity index (χ1) is 13.7. The first-order valence-corrected chi connectivity index (χ1v) is 11.0. The van der Waals surface area contributed by atoms with Gasteiger partial charge in [-0.05, 0) is 31.2 Å². The molecule has 0 atom stereocenters. The number of thiophene rings is 1. The van der Waals surface area contributed by atoms with E-state index in [1.54, 1.807) is 29.5 Å². The summed E-state index contributed by atoms with van der Waals surface area (Å²) in [5, 5.41) is 16.2. The quantitative estimate of drug-likeness (QED) is 0.408. The van der Waals surface area contributed by atoms with E-state index in [0.717, 1.165) is 23.1 Å². The fraction of sp³-hybridized carbons (Fsp3) is 0.150. The Hall–Kier alpha value is -2.35. The Morgan fingerprint density at radius 3 is 2.89 bits per heavy atom. The third kappa shape index (κ3) is 3.92. The van der Waals surface area contributed by atoms with Gasteiger partial charge in [-0.2, -0.15) is 0 Å². The summed E-state index contributed by atoms with van der Waals surface area (Å²) in [5.74, 6) is 0.966. The number of amides is 1. The molecule has 0 saturated carbocycles.